The van der Waals surface area contributed by atoms with E-state index in [4.69, 9.17) is 11.0 Å². The SMILES string of the molecule is Cc1cc(C#N)cc(C(=O)NC2CC2)c1N. The van der Waals surface area contributed by atoms with Crippen molar-refractivity contribution in [2.75, 3.05) is 5.73 Å². The molecule has 2 rings (SSSR count). The van der Waals surface area contributed by atoms with Gasteiger partial charge in [0.05, 0.1) is 17.2 Å². The number of carbonyl (C=O) groups excluding carboxylic acids is 1. The number of carbonyl (C=O) groups is 1. The molecule has 4 nitrogen and oxygen atoms in total. The van der Waals surface area contributed by atoms with Gasteiger partial charge in [-0.1, -0.05) is 0 Å². The Morgan fingerprint density at radius 2 is 2.25 bits per heavy atom. The average molecular weight is 215 g/mol. The molecule has 0 radical (unpaired) electrons. The molecule has 1 amide bonds. The summed E-state index contributed by atoms with van der Waals surface area (Å²) in [6.45, 7) is 1.80. The van der Waals surface area contributed by atoms with Crippen molar-refractivity contribution in [1.82, 2.24) is 5.32 Å². The maximum atomic E-state index is 11.8. The molecule has 0 aromatic heterocycles. The standard InChI is InChI=1S/C12H13N3O/c1-7-4-8(6-13)5-10(11(7)14)12(16)15-9-2-3-9/h4-5,9H,2-3,14H2,1H3,(H,15,16). The molecule has 0 spiro atoms. The number of nitrogens with one attached hydrogen (secondary N) is 1. The van der Waals surface area contributed by atoms with E-state index in [9.17, 15) is 4.79 Å². The minimum Gasteiger partial charge on any atom is -0.398 e. The fourth-order valence-corrected chi connectivity index (χ4v) is 1.54. The number of nitrogens with two attached hydrogens (primary N) is 1. The minimum atomic E-state index is -0.180. The molecule has 1 aliphatic rings. The largest absolute Gasteiger partial charge is 0.398 e. The quantitative estimate of drug-likeness (QED) is 0.731. The van der Waals surface area contributed by atoms with Crippen LogP contribution in [0.15, 0.2) is 12.1 Å². The topological polar surface area (TPSA) is 78.9 Å². The van der Waals surface area contributed by atoms with Crippen LogP contribution in [0.1, 0.15) is 34.3 Å². The second-order valence-electron chi connectivity index (χ2n) is 4.11. The molecule has 3 N–H and O–H groups in total. The fourth-order valence-electron chi connectivity index (χ4n) is 1.54. The van der Waals surface area contributed by atoms with E-state index < -0.39 is 0 Å². The van der Waals surface area contributed by atoms with E-state index in [-0.39, 0.29) is 11.9 Å². The maximum Gasteiger partial charge on any atom is 0.253 e. The van der Waals surface area contributed by atoms with Crippen LogP contribution in [0.3, 0.4) is 0 Å². The lowest BCUT2D eigenvalue weighted by atomic mass is 10.0. The summed E-state index contributed by atoms with van der Waals surface area (Å²) in [5.41, 5.74) is 7.92. The Hall–Kier alpha value is -2.02. The van der Waals surface area contributed by atoms with Crippen LogP contribution >= 0.6 is 0 Å². The van der Waals surface area contributed by atoms with E-state index in [0.717, 1.165) is 18.4 Å². The molecule has 1 aromatic carbocycles. The number of nitrogen functional groups attached to an aromatic ring is 1. The summed E-state index contributed by atoms with van der Waals surface area (Å²) < 4.78 is 0. The summed E-state index contributed by atoms with van der Waals surface area (Å²) in [7, 11) is 0. The van der Waals surface area contributed by atoms with Crippen LogP contribution in [0.4, 0.5) is 5.69 Å². The van der Waals surface area contributed by atoms with Gasteiger partial charge in [-0.25, -0.2) is 0 Å². The second kappa shape index (κ2) is 3.86. The minimum absolute atomic E-state index is 0.180. The van der Waals surface area contributed by atoms with Gasteiger partial charge in [0.1, 0.15) is 0 Å². The third-order valence-electron chi connectivity index (χ3n) is 2.67. The first-order valence-electron chi connectivity index (χ1n) is 5.23. The number of rotatable bonds is 2. The molecule has 0 saturated heterocycles. The number of nitriles is 1. The third kappa shape index (κ3) is 1.98. The molecule has 0 bridgehead atoms. The summed E-state index contributed by atoms with van der Waals surface area (Å²) in [6.07, 6.45) is 2.06. The molecule has 1 aromatic rings. The summed E-state index contributed by atoms with van der Waals surface area (Å²) in [4.78, 5) is 11.8. The van der Waals surface area contributed by atoms with Gasteiger partial charge in [0, 0.05) is 11.7 Å². The van der Waals surface area contributed by atoms with Crippen molar-refractivity contribution in [2.45, 2.75) is 25.8 Å². The van der Waals surface area contributed by atoms with E-state index in [1.165, 1.54) is 0 Å². The Morgan fingerprint density at radius 1 is 1.56 bits per heavy atom. The van der Waals surface area contributed by atoms with Crippen LogP contribution in [-0.4, -0.2) is 11.9 Å². The Kier molecular flexibility index (Phi) is 2.53. The van der Waals surface area contributed by atoms with Gasteiger partial charge >= 0.3 is 0 Å². The highest BCUT2D eigenvalue weighted by Crippen LogP contribution is 2.23. The van der Waals surface area contributed by atoms with E-state index in [2.05, 4.69) is 5.32 Å². The predicted octanol–water partition coefficient (Wildman–Crippen LogP) is 1.34. The van der Waals surface area contributed by atoms with Gasteiger partial charge in [-0.3, -0.25) is 4.79 Å². The summed E-state index contributed by atoms with van der Waals surface area (Å²) in [5.74, 6) is -0.180. The van der Waals surface area contributed by atoms with E-state index in [1.54, 1.807) is 19.1 Å². The number of amides is 1. The Labute approximate surface area is 94.1 Å². The lowest BCUT2D eigenvalue weighted by molar-refractivity contribution is 0.0952. The smallest absolute Gasteiger partial charge is 0.253 e. The molecule has 16 heavy (non-hydrogen) atoms. The zero-order valence-corrected chi connectivity index (χ0v) is 9.08. The highest BCUT2D eigenvalue weighted by molar-refractivity contribution is 6.00. The van der Waals surface area contributed by atoms with Gasteiger partial charge in [0.15, 0.2) is 0 Å². The van der Waals surface area contributed by atoms with Crippen molar-refractivity contribution in [3.05, 3.63) is 28.8 Å². The summed E-state index contributed by atoms with van der Waals surface area (Å²) in [6, 6.07) is 5.54. The number of hydrogen-bond donors (Lipinski definition) is 2. The van der Waals surface area contributed by atoms with Gasteiger partial charge in [-0.15, -0.1) is 0 Å². The van der Waals surface area contributed by atoms with Crippen molar-refractivity contribution in [3.63, 3.8) is 0 Å². The first-order valence-corrected chi connectivity index (χ1v) is 5.23. The molecular formula is C12H13N3O. The van der Waals surface area contributed by atoms with Crippen LogP contribution in [0, 0.1) is 18.3 Å². The molecule has 0 aliphatic heterocycles. The molecule has 0 heterocycles. The average Bonchev–Trinajstić information content (AvgIpc) is 3.05. The molecule has 0 unspecified atom stereocenters. The molecule has 4 heteroatoms. The Morgan fingerprint density at radius 3 is 2.81 bits per heavy atom. The van der Waals surface area contributed by atoms with Crippen LogP contribution in [0.5, 0.6) is 0 Å². The third-order valence-corrected chi connectivity index (χ3v) is 2.67. The highest BCUT2D eigenvalue weighted by atomic mass is 16.1. The van der Waals surface area contributed by atoms with Gasteiger partial charge in [-0.2, -0.15) is 5.26 Å². The van der Waals surface area contributed by atoms with Crippen LogP contribution < -0.4 is 11.1 Å². The number of benzene rings is 1. The lowest BCUT2D eigenvalue weighted by Gasteiger charge is -2.09. The van der Waals surface area contributed by atoms with Gasteiger partial charge < -0.3 is 11.1 Å². The summed E-state index contributed by atoms with van der Waals surface area (Å²) >= 11 is 0. The highest BCUT2D eigenvalue weighted by Gasteiger charge is 2.25. The monoisotopic (exact) mass is 215 g/mol. The summed E-state index contributed by atoms with van der Waals surface area (Å²) in [5, 5.41) is 11.7. The normalized spacial score (nSPS) is 14.2. The van der Waals surface area contributed by atoms with Crippen LogP contribution in [0.25, 0.3) is 0 Å². The fraction of sp³-hybridized carbons (Fsp3) is 0.333. The predicted molar refractivity (Wildman–Crippen MR) is 60.8 cm³/mol. The molecule has 1 saturated carbocycles. The molecule has 1 fully saturated rings. The van der Waals surface area contributed by atoms with E-state index >= 15 is 0 Å². The second-order valence-corrected chi connectivity index (χ2v) is 4.11. The van der Waals surface area contributed by atoms with Gasteiger partial charge in [0.2, 0.25) is 0 Å². The van der Waals surface area contributed by atoms with Crippen molar-refractivity contribution < 1.29 is 4.79 Å². The molecule has 1 aliphatic carbocycles. The lowest BCUT2D eigenvalue weighted by Crippen LogP contribution is -2.26. The van der Waals surface area contributed by atoms with E-state index in [1.807, 2.05) is 6.07 Å². The van der Waals surface area contributed by atoms with Gasteiger partial charge in [-0.05, 0) is 37.5 Å². The number of hydrogen-bond acceptors (Lipinski definition) is 3. The van der Waals surface area contributed by atoms with Crippen LogP contribution in [-0.2, 0) is 0 Å². The zero-order chi connectivity index (χ0) is 11.7. The maximum absolute atomic E-state index is 11.8. The number of anilines is 1. The van der Waals surface area contributed by atoms with Crippen molar-refractivity contribution >= 4 is 11.6 Å². The van der Waals surface area contributed by atoms with Crippen molar-refractivity contribution in [3.8, 4) is 6.07 Å². The van der Waals surface area contributed by atoms with E-state index in [0.29, 0.717) is 16.8 Å². The number of nitrogens with zero attached hydrogens (tertiary/aromatic N) is 1. The van der Waals surface area contributed by atoms with Crippen molar-refractivity contribution in [1.29, 1.82) is 5.26 Å². The molecule has 82 valence electrons. The number of aryl methyl sites for hydroxylation is 1. The molecular weight excluding hydrogens is 202 g/mol. The van der Waals surface area contributed by atoms with Crippen LogP contribution in [0.2, 0.25) is 0 Å². The zero-order valence-electron chi connectivity index (χ0n) is 9.08. The first kappa shape index (κ1) is 10.5. The first-order chi connectivity index (χ1) is 7.61. The van der Waals surface area contributed by atoms with Crippen molar-refractivity contribution in [2.24, 2.45) is 0 Å². The Bertz CT molecular complexity index is 484. The molecule has 0 atom stereocenters. The Balaban J connectivity index is 2.34. The van der Waals surface area contributed by atoms with Gasteiger partial charge in [0.25, 0.3) is 5.91 Å².